The molecule has 4 nitrogen and oxygen atoms in total. The van der Waals surface area contributed by atoms with Gasteiger partial charge in [0.05, 0.1) is 0 Å². The van der Waals surface area contributed by atoms with Crippen LogP contribution < -0.4 is 0 Å². The van der Waals surface area contributed by atoms with Crippen molar-refractivity contribution in [3.8, 4) is 0 Å². The molecule has 0 radical (unpaired) electrons. The largest absolute Gasteiger partial charge is 0.444 e. The van der Waals surface area contributed by atoms with Gasteiger partial charge in [-0.2, -0.15) is 0 Å². The van der Waals surface area contributed by atoms with Crippen LogP contribution >= 0.6 is 11.9 Å². The number of amides is 1. The van der Waals surface area contributed by atoms with Crippen molar-refractivity contribution in [3.05, 3.63) is 30.3 Å². The lowest BCUT2D eigenvalue weighted by Gasteiger charge is -2.44. The van der Waals surface area contributed by atoms with Gasteiger partial charge in [0.25, 0.3) is 0 Å². The normalized spacial score (nSPS) is 18.1. The Hall–Kier alpha value is -1.20. The molecule has 1 aliphatic heterocycles. The summed E-state index contributed by atoms with van der Waals surface area (Å²) in [5.74, 6) is 0. The van der Waals surface area contributed by atoms with E-state index in [1.54, 1.807) is 11.9 Å². The number of hydrogen-bond acceptors (Lipinski definition) is 4. The maximum atomic E-state index is 12.2. The number of carbonyl (C=O) groups excluding carboxylic acids is 1. The summed E-state index contributed by atoms with van der Waals surface area (Å²) in [5.41, 5.74) is -0.350. The molecule has 0 bridgehead atoms. The topological polar surface area (TPSA) is 32.8 Å². The van der Waals surface area contributed by atoms with E-state index in [9.17, 15) is 4.79 Å². The smallest absolute Gasteiger partial charge is 0.410 e. The van der Waals surface area contributed by atoms with Crippen LogP contribution in [0.25, 0.3) is 0 Å². The highest BCUT2D eigenvalue weighted by molar-refractivity contribution is 7.97. The Morgan fingerprint density at radius 2 is 1.78 bits per heavy atom. The van der Waals surface area contributed by atoms with E-state index < -0.39 is 5.60 Å². The SMILES string of the molecule is CN(Sc1ccccc1)C1(C)CCN(C(=O)OC(C)(C)C)CC1. The van der Waals surface area contributed by atoms with Gasteiger partial charge in [0, 0.05) is 23.5 Å². The molecule has 1 aromatic carbocycles. The summed E-state index contributed by atoms with van der Waals surface area (Å²) in [7, 11) is 2.14. The molecule has 1 aromatic rings. The number of carbonyl (C=O) groups is 1. The lowest BCUT2D eigenvalue weighted by atomic mass is 9.90. The molecule has 0 N–H and O–H groups in total. The molecule has 23 heavy (non-hydrogen) atoms. The van der Waals surface area contributed by atoms with Crippen LogP contribution in [0, 0.1) is 0 Å². The molecule has 1 saturated heterocycles. The van der Waals surface area contributed by atoms with Crippen LogP contribution in [0.2, 0.25) is 0 Å². The first-order valence-corrected chi connectivity index (χ1v) is 8.92. The van der Waals surface area contributed by atoms with Gasteiger partial charge in [-0.1, -0.05) is 18.2 Å². The fourth-order valence-electron chi connectivity index (χ4n) is 2.56. The molecule has 0 aliphatic carbocycles. The fraction of sp³-hybridized carbons (Fsp3) is 0.611. The molecular weight excluding hydrogens is 308 g/mol. The predicted molar refractivity (Wildman–Crippen MR) is 95.5 cm³/mol. The Bertz CT molecular complexity index is 520. The minimum atomic E-state index is -0.433. The van der Waals surface area contributed by atoms with Crippen molar-refractivity contribution in [3.63, 3.8) is 0 Å². The first-order chi connectivity index (χ1) is 10.7. The Morgan fingerprint density at radius 3 is 2.30 bits per heavy atom. The van der Waals surface area contributed by atoms with Crippen molar-refractivity contribution in [1.82, 2.24) is 9.21 Å². The summed E-state index contributed by atoms with van der Waals surface area (Å²) in [4.78, 5) is 15.2. The number of likely N-dealkylation sites (tertiary alicyclic amines) is 1. The molecular formula is C18H28N2O2S. The molecule has 5 heteroatoms. The highest BCUT2D eigenvalue weighted by Crippen LogP contribution is 2.35. The third-order valence-corrected chi connectivity index (χ3v) is 5.44. The number of rotatable bonds is 3. The fourth-order valence-corrected chi connectivity index (χ4v) is 3.56. The third kappa shape index (κ3) is 5.15. The van der Waals surface area contributed by atoms with Crippen LogP contribution in [-0.4, -0.2) is 46.6 Å². The zero-order valence-corrected chi connectivity index (χ0v) is 15.7. The Kier molecular flexibility index (Phi) is 5.63. The average Bonchev–Trinajstić information content (AvgIpc) is 2.47. The molecule has 1 aliphatic rings. The average molecular weight is 337 g/mol. The van der Waals surface area contributed by atoms with E-state index in [2.05, 4.69) is 42.5 Å². The third-order valence-electron chi connectivity index (χ3n) is 4.24. The van der Waals surface area contributed by atoms with E-state index in [0.29, 0.717) is 0 Å². The molecule has 2 rings (SSSR count). The maximum Gasteiger partial charge on any atom is 0.410 e. The Labute approximate surface area is 144 Å². The van der Waals surface area contributed by atoms with Crippen molar-refractivity contribution >= 4 is 18.0 Å². The summed E-state index contributed by atoms with van der Waals surface area (Å²) >= 11 is 1.77. The first-order valence-electron chi connectivity index (χ1n) is 8.14. The summed E-state index contributed by atoms with van der Waals surface area (Å²) in [6.45, 7) is 9.47. The Balaban J connectivity index is 1.90. The maximum absolute atomic E-state index is 12.2. The van der Waals surface area contributed by atoms with Crippen molar-refractivity contribution in [1.29, 1.82) is 0 Å². The first kappa shape index (κ1) is 18.1. The van der Waals surface area contributed by atoms with Crippen LogP contribution in [0.5, 0.6) is 0 Å². The standard InChI is InChI=1S/C18H28N2O2S/c1-17(2,3)22-16(21)20-13-11-18(4,12-14-20)19(5)23-15-9-7-6-8-10-15/h6-10H,11-14H2,1-5H3. The lowest BCUT2D eigenvalue weighted by Crippen LogP contribution is -2.51. The van der Waals surface area contributed by atoms with E-state index in [1.165, 1.54) is 4.90 Å². The van der Waals surface area contributed by atoms with E-state index in [1.807, 2.05) is 31.7 Å². The molecule has 1 fully saturated rings. The molecule has 1 heterocycles. The van der Waals surface area contributed by atoms with Gasteiger partial charge >= 0.3 is 6.09 Å². The second kappa shape index (κ2) is 7.14. The van der Waals surface area contributed by atoms with Gasteiger partial charge in [0.2, 0.25) is 0 Å². The van der Waals surface area contributed by atoms with Gasteiger partial charge in [-0.15, -0.1) is 0 Å². The molecule has 0 unspecified atom stereocenters. The highest BCUT2D eigenvalue weighted by atomic mass is 32.2. The van der Waals surface area contributed by atoms with Gasteiger partial charge in [-0.05, 0) is 71.7 Å². The number of piperidine rings is 1. The van der Waals surface area contributed by atoms with Gasteiger partial charge < -0.3 is 9.64 Å². The van der Waals surface area contributed by atoms with Gasteiger partial charge in [-0.25, -0.2) is 9.10 Å². The van der Waals surface area contributed by atoms with Gasteiger partial charge in [-0.3, -0.25) is 0 Å². The van der Waals surface area contributed by atoms with Crippen LogP contribution in [0.1, 0.15) is 40.5 Å². The predicted octanol–water partition coefficient (Wildman–Crippen LogP) is 4.42. The zero-order chi connectivity index (χ0) is 17.1. The molecule has 0 spiro atoms. The number of benzene rings is 1. The van der Waals surface area contributed by atoms with Crippen molar-refractivity contribution < 1.29 is 9.53 Å². The second-order valence-corrected chi connectivity index (χ2v) is 8.57. The number of ether oxygens (including phenoxy) is 1. The van der Waals surface area contributed by atoms with Crippen LogP contribution in [-0.2, 0) is 4.74 Å². The van der Waals surface area contributed by atoms with Crippen molar-refractivity contribution in [2.24, 2.45) is 0 Å². The van der Waals surface area contributed by atoms with E-state index in [-0.39, 0.29) is 11.6 Å². The summed E-state index contributed by atoms with van der Waals surface area (Å²) in [6.07, 6.45) is 1.70. The van der Waals surface area contributed by atoms with Gasteiger partial charge in [0.1, 0.15) is 5.60 Å². The molecule has 0 atom stereocenters. The van der Waals surface area contributed by atoms with E-state index >= 15 is 0 Å². The summed E-state index contributed by atoms with van der Waals surface area (Å²) in [6, 6.07) is 10.4. The minimum Gasteiger partial charge on any atom is -0.444 e. The summed E-state index contributed by atoms with van der Waals surface area (Å²) in [5, 5.41) is 0. The molecule has 128 valence electrons. The highest BCUT2D eigenvalue weighted by Gasteiger charge is 2.36. The van der Waals surface area contributed by atoms with Crippen LogP contribution in [0.3, 0.4) is 0 Å². The molecule has 0 aromatic heterocycles. The van der Waals surface area contributed by atoms with Gasteiger partial charge in [0.15, 0.2) is 0 Å². The second-order valence-electron chi connectivity index (χ2n) is 7.37. The number of nitrogens with zero attached hydrogens (tertiary/aromatic N) is 2. The quantitative estimate of drug-likeness (QED) is 0.765. The molecule has 0 saturated carbocycles. The van der Waals surface area contributed by atoms with Crippen molar-refractivity contribution in [2.45, 2.75) is 56.6 Å². The number of hydrogen-bond donors (Lipinski definition) is 0. The zero-order valence-electron chi connectivity index (χ0n) is 14.8. The summed E-state index contributed by atoms with van der Waals surface area (Å²) < 4.78 is 7.80. The minimum absolute atomic E-state index is 0.0824. The lowest BCUT2D eigenvalue weighted by molar-refractivity contribution is 0.0122. The molecule has 1 amide bonds. The van der Waals surface area contributed by atoms with Crippen LogP contribution in [0.15, 0.2) is 35.2 Å². The van der Waals surface area contributed by atoms with Crippen LogP contribution in [0.4, 0.5) is 4.79 Å². The van der Waals surface area contributed by atoms with E-state index in [4.69, 9.17) is 4.74 Å². The van der Waals surface area contributed by atoms with Crippen molar-refractivity contribution in [2.75, 3.05) is 20.1 Å². The monoisotopic (exact) mass is 336 g/mol. The van der Waals surface area contributed by atoms with E-state index in [0.717, 1.165) is 25.9 Å². The Morgan fingerprint density at radius 1 is 1.22 bits per heavy atom.